The quantitative estimate of drug-likeness (QED) is 0.461. The van der Waals surface area contributed by atoms with E-state index in [1.165, 1.54) is 0 Å². The Labute approximate surface area is 67.4 Å². The van der Waals surface area contributed by atoms with Gasteiger partial charge in [-0.05, 0) is 0 Å². The third kappa shape index (κ3) is 8.96. The predicted molar refractivity (Wildman–Crippen MR) is 11.3 cm³/mol. The van der Waals surface area contributed by atoms with Crippen LogP contribution in [0.3, 0.4) is 0 Å². The van der Waals surface area contributed by atoms with Crippen LogP contribution in [-0.2, 0) is 50.3 Å². The molecule has 0 aliphatic carbocycles. The van der Waals surface area contributed by atoms with Gasteiger partial charge in [-0.2, -0.15) is 0 Å². The van der Waals surface area contributed by atoms with E-state index >= 15 is 0 Å². The van der Waals surface area contributed by atoms with Crippen LogP contribution in [0.15, 0.2) is 0 Å². The largest absolute Gasteiger partial charge is 0 e. The van der Waals surface area contributed by atoms with Crippen LogP contribution in [0.4, 0.5) is 0 Å². The van der Waals surface area contributed by atoms with E-state index in [0.29, 0.717) is 0 Å². The Morgan fingerprint density at radius 2 is 1.00 bits per heavy atom. The maximum absolute atomic E-state index is 0. The van der Waals surface area contributed by atoms with E-state index in [4.69, 9.17) is 0 Å². The van der Waals surface area contributed by atoms with E-state index < -0.39 is 0 Å². The van der Waals surface area contributed by atoms with Crippen molar-refractivity contribution in [3.63, 3.8) is 0 Å². The van der Waals surface area contributed by atoms with Crippen molar-refractivity contribution in [2.24, 2.45) is 0 Å². The van der Waals surface area contributed by atoms with E-state index in [1.54, 1.807) is 0 Å². The first kappa shape index (κ1) is 36.5. The van der Waals surface area contributed by atoms with Crippen molar-refractivity contribution in [2.75, 3.05) is 0 Å². The van der Waals surface area contributed by atoms with Gasteiger partial charge in [0.1, 0.15) is 0 Å². The van der Waals surface area contributed by atoms with Gasteiger partial charge >= 0.3 is 17.6 Å². The second-order valence-corrected chi connectivity index (χ2v) is 0. The van der Waals surface area contributed by atoms with Gasteiger partial charge in [0, 0.05) is 50.3 Å². The molecule has 35 valence electrons. The standard InChI is InChI=1S/Co.Fe.GeH4.Ni/h;;1H4;. The molecule has 4 heteroatoms. The van der Waals surface area contributed by atoms with Gasteiger partial charge in [-0.25, -0.2) is 0 Å². The molecule has 4 heavy (non-hydrogen) atoms. The molecule has 0 unspecified atom stereocenters. The first-order chi connectivity index (χ1) is 0. The van der Waals surface area contributed by atoms with Crippen LogP contribution in [0.25, 0.3) is 0 Å². The molecule has 0 saturated heterocycles. The smallest absolute Gasteiger partial charge is 0 e. The van der Waals surface area contributed by atoms with Crippen molar-refractivity contribution in [3.05, 3.63) is 0 Å². The fourth-order valence-electron chi connectivity index (χ4n) is 0. The van der Waals surface area contributed by atoms with Crippen molar-refractivity contribution in [1.82, 2.24) is 0 Å². The Balaban J connectivity index is 0. The summed E-state index contributed by atoms with van der Waals surface area (Å²) in [4.78, 5) is 0. The Kier molecular flexibility index (Phi) is 179. The minimum atomic E-state index is 0. The van der Waals surface area contributed by atoms with Crippen molar-refractivity contribution < 1.29 is 50.3 Å². The third-order valence-corrected chi connectivity index (χ3v) is 0. The van der Waals surface area contributed by atoms with Crippen molar-refractivity contribution in [2.45, 2.75) is 0 Å². The molecule has 0 bridgehead atoms. The SMILES string of the molecule is [Co].[Fe].[GeH4].[Ni]. The molecular weight excluding hydrogens is 246 g/mol. The molecule has 0 aromatic carbocycles. The van der Waals surface area contributed by atoms with E-state index in [-0.39, 0.29) is 67.9 Å². The molecule has 0 aliphatic heterocycles. The zero-order valence-corrected chi connectivity index (χ0v) is 4.14. The number of hydrogen-bond donors (Lipinski definition) is 0. The second kappa shape index (κ2) is 19.6. The molecule has 0 N–H and O–H groups in total. The molecule has 0 aromatic rings. The van der Waals surface area contributed by atoms with Gasteiger partial charge in [0.05, 0.1) is 0 Å². The minimum Gasteiger partial charge on any atom is 0 e. The minimum absolute atomic E-state index is 0. The molecule has 0 nitrogen and oxygen atoms in total. The first-order valence-electron chi connectivity index (χ1n) is 0. The summed E-state index contributed by atoms with van der Waals surface area (Å²) in [6, 6.07) is 0. The molecular formula is H4CoFeGeNi. The van der Waals surface area contributed by atoms with Gasteiger partial charge in [-0.1, -0.05) is 0 Å². The van der Waals surface area contributed by atoms with Crippen LogP contribution < -0.4 is 0 Å². The summed E-state index contributed by atoms with van der Waals surface area (Å²) < 4.78 is 0. The average molecular weight is 250 g/mol. The summed E-state index contributed by atoms with van der Waals surface area (Å²) >= 11 is 0. The molecule has 0 amide bonds. The van der Waals surface area contributed by atoms with E-state index in [9.17, 15) is 0 Å². The van der Waals surface area contributed by atoms with Gasteiger partial charge in [0.2, 0.25) is 0 Å². The molecule has 0 aromatic heterocycles. The Hall–Kier alpha value is 2.06. The van der Waals surface area contributed by atoms with Gasteiger partial charge in [0.25, 0.3) is 0 Å². The Bertz CT molecular complexity index is 8.00. The average Bonchev–Trinajstić information content (AvgIpc) is 0. The summed E-state index contributed by atoms with van der Waals surface area (Å²) in [6.45, 7) is 0. The van der Waals surface area contributed by atoms with Crippen molar-refractivity contribution >= 4 is 17.6 Å². The van der Waals surface area contributed by atoms with E-state index in [1.807, 2.05) is 0 Å². The molecule has 0 spiro atoms. The summed E-state index contributed by atoms with van der Waals surface area (Å²) in [7, 11) is 0. The van der Waals surface area contributed by atoms with E-state index in [0.717, 1.165) is 0 Å². The zero-order valence-electron chi connectivity index (χ0n) is 1.00. The summed E-state index contributed by atoms with van der Waals surface area (Å²) in [6.07, 6.45) is 0. The van der Waals surface area contributed by atoms with Crippen LogP contribution in [0, 0.1) is 0 Å². The molecule has 0 heterocycles. The normalized spacial score (nSPS) is 0. The number of rotatable bonds is 0. The maximum atomic E-state index is 0. The molecule has 0 aliphatic rings. The van der Waals surface area contributed by atoms with Crippen LogP contribution in [-0.4, -0.2) is 17.6 Å². The van der Waals surface area contributed by atoms with Gasteiger partial charge < -0.3 is 0 Å². The zero-order chi connectivity index (χ0) is 0. The molecule has 0 atom stereocenters. The second-order valence-electron chi connectivity index (χ2n) is 0. The van der Waals surface area contributed by atoms with Gasteiger partial charge in [-0.3, -0.25) is 0 Å². The monoisotopic (exact) mass is 251 g/mol. The van der Waals surface area contributed by atoms with Crippen molar-refractivity contribution in [3.8, 4) is 0 Å². The predicted octanol–water partition coefficient (Wildman–Crippen LogP) is -1.46. The first-order valence-corrected chi connectivity index (χ1v) is 0. The third-order valence-electron chi connectivity index (χ3n) is 0. The fourth-order valence-corrected chi connectivity index (χ4v) is 0. The molecule has 0 saturated carbocycles. The summed E-state index contributed by atoms with van der Waals surface area (Å²) in [5, 5.41) is 0. The fraction of sp³-hybridized carbons (Fsp3) is 0. The van der Waals surface area contributed by atoms with Crippen LogP contribution in [0.2, 0.25) is 0 Å². The Morgan fingerprint density at radius 3 is 1.00 bits per heavy atom. The van der Waals surface area contributed by atoms with Crippen LogP contribution in [0.5, 0.6) is 0 Å². The summed E-state index contributed by atoms with van der Waals surface area (Å²) in [5.74, 6) is 0. The maximum Gasteiger partial charge on any atom is 0 e. The van der Waals surface area contributed by atoms with Gasteiger partial charge in [0.15, 0.2) is 0 Å². The van der Waals surface area contributed by atoms with E-state index in [2.05, 4.69) is 0 Å². The molecule has 0 fully saturated rings. The van der Waals surface area contributed by atoms with Crippen LogP contribution >= 0.6 is 0 Å². The molecule has 0 rings (SSSR count). The van der Waals surface area contributed by atoms with Crippen LogP contribution in [0.1, 0.15) is 0 Å². The van der Waals surface area contributed by atoms with Crippen molar-refractivity contribution in [1.29, 1.82) is 0 Å². The topological polar surface area (TPSA) is 0 Å². The Morgan fingerprint density at radius 1 is 1.00 bits per heavy atom. The summed E-state index contributed by atoms with van der Waals surface area (Å²) in [5.41, 5.74) is 0. The number of hydrogen-bond acceptors (Lipinski definition) is 0. The van der Waals surface area contributed by atoms with Gasteiger partial charge in [-0.15, -0.1) is 0 Å². The molecule has 1 radical (unpaired) electrons.